The zero-order valence-electron chi connectivity index (χ0n) is 20.7. The van der Waals surface area contributed by atoms with E-state index in [1.165, 1.54) is 22.1 Å². The lowest BCUT2D eigenvalue weighted by atomic mass is 9.89. The van der Waals surface area contributed by atoms with E-state index in [0.717, 1.165) is 34.3 Å². The summed E-state index contributed by atoms with van der Waals surface area (Å²) in [4.78, 5) is 4.57. The normalized spacial score (nSPS) is 11.3. The number of hydrogen-bond acceptors (Lipinski definition) is 4. The Morgan fingerprint density at radius 1 is 0.750 bits per heavy atom. The van der Waals surface area contributed by atoms with Crippen LogP contribution in [-0.2, 0) is 13.1 Å². The number of aromatic nitrogens is 1. The summed E-state index contributed by atoms with van der Waals surface area (Å²) in [5, 5.41) is 20.5. The number of aromatic hydroxyl groups is 1. The van der Waals surface area contributed by atoms with Crippen LogP contribution in [0, 0.1) is 6.92 Å². The SMILES string of the molecule is CNCc1ccc2ccccc2c1-c1c(C)ncc(O)c1CNC(c1ccccc1)c1ccccc1. The minimum absolute atomic E-state index is 0.0163. The first-order valence-electron chi connectivity index (χ1n) is 12.3. The first-order valence-corrected chi connectivity index (χ1v) is 12.3. The van der Waals surface area contributed by atoms with Crippen molar-refractivity contribution in [3.8, 4) is 16.9 Å². The number of nitrogens with zero attached hydrogens (tertiary/aromatic N) is 1. The Morgan fingerprint density at radius 3 is 2.06 bits per heavy atom. The largest absolute Gasteiger partial charge is 0.506 e. The standard InChI is InChI=1S/C32H31N3O/c1-22-30(31-26(19-33-2)18-17-23-11-9-10-16-27(23)31)28(29(36)21-34-22)20-35-32(24-12-5-3-6-13-24)25-14-7-4-8-15-25/h3-18,21,32-33,35-36H,19-20H2,1-2H3. The van der Waals surface area contributed by atoms with Crippen LogP contribution in [0.15, 0.2) is 103 Å². The number of fused-ring (bicyclic) bond motifs is 1. The van der Waals surface area contributed by atoms with Gasteiger partial charge in [-0.15, -0.1) is 0 Å². The van der Waals surface area contributed by atoms with Crippen LogP contribution in [-0.4, -0.2) is 17.1 Å². The second-order valence-corrected chi connectivity index (χ2v) is 9.07. The quantitative estimate of drug-likeness (QED) is 0.240. The summed E-state index contributed by atoms with van der Waals surface area (Å²) >= 11 is 0. The third kappa shape index (κ3) is 4.74. The van der Waals surface area contributed by atoms with Crippen LogP contribution in [0.5, 0.6) is 5.75 Å². The first kappa shape index (κ1) is 23.7. The molecule has 1 heterocycles. The Bertz CT molecular complexity index is 1430. The highest BCUT2D eigenvalue weighted by Crippen LogP contribution is 2.39. The second-order valence-electron chi connectivity index (χ2n) is 9.07. The third-order valence-corrected chi connectivity index (χ3v) is 6.73. The number of rotatable bonds is 8. The van der Waals surface area contributed by atoms with E-state index in [9.17, 15) is 5.11 Å². The Hall–Kier alpha value is -3.99. The maximum atomic E-state index is 11.1. The van der Waals surface area contributed by atoms with Crippen molar-refractivity contribution in [2.75, 3.05) is 7.05 Å². The lowest BCUT2D eigenvalue weighted by molar-refractivity contribution is 0.459. The summed E-state index contributed by atoms with van der Waals surface area (Å²) in [6.45, 7) is 3.23. The van der Waals surface area contributed by atoms with Gasteiger partial charge >= 0.3 is 0 Å². The molecule has 4 nitrogen and oxygen atoms in total. The summed E-state index contributed by atoms with van der Waals surface area (Å²) < 4.78 is 0. The molecule has 3 N–H and O–H groups in total. The second kappa shape index (κ2) is 10.7. The molecule has 0 fully saturated rings. The molecule has 0 bridgehead atoms. The number of benzene rings is 4. The lowest BCUT2D eigenvalue weighted by Crippen LogP contribution is -2.23. The molecule has 0 atom stereocenters. The molecule has 180 valence electrons. The van der Waals surface area contributed by atoms with Crippen molar-refractivity contribution in [1.82, 2.24) is 15.6 Å². The van der Waals surface area contributed by atoms with Gasteiger partial charge in [0.05, 0.1) is 12.2 Å². The summed E-state index contributed by atoms with van der Waals surface area (Å²) in [5.41, 5.74) is 7.40. The van der Waals surface area contributed by atoms with Crippen LogP contribution < -0.4 is 10.6 Å². The van der Waals surface area contributed by atoms with Crippen LogP contribution in [0.2, 0.25) is 0 Å². The van der Waals surface area contributed by atoms with Gasteiger partial charge in [0, 0.05) is 29.9 Å². The van der Waals surface area contributed by atoms with E-state index in [2.05, 4.69) is 101 Å². The molecule has 0 spiro atoms. The maximum Gasteiger partial charge on any atom is 0.138 e. The molecule has 5 rings (SSSR count). The molecule has 4 heteroatoms. The fraction of sp³-hybridized carbons (Fsp3) is 0.156. The highest BCUT2D eigenvalue weighted by Gasteiger charge is 2.21. The Morgan fingerprint density at radius 2 is 1.39 bits per heavy atom. The first-order chi connectivity index (χ1) is 17.7. The molecule has 0 radical (unpaired) electrons. The highest BCUT2D eigenvalue weighted by atomic mass is 16.3. The minimum Gasteiger partial charge on any atom is -0.506 e. The van der Waals surface area contributed by atoms with Crippen molar-refractivity contribution in [1.29, 1.82) is 0 Å². The summed E-state index contributed by atoms with van der Waals surface area (Å²) in [6, 6.07) is 33.6. The van der Waals surface area contributed by atoms with Gasteiger partial charge in [0.1, 0.15) is 5.75 Å². The number of pyridine rings is 1. The van der Waals surface area contributed by atoms with Gasteiger partial charge in [0.2, 0.25) is 0 Å². The van der Waals surface area contributed by atoms with Gasteiger partial charge in [0.15, 0.2) is 0 Å². The Balaban J connectivity index is 1.63. The molecule has 0 amide bonds. The van der Waals surface area contributed by atoms with Crippen LogP contribution in [0.25, 0.3) is 21.9 Å². The fourth-order valence-electron chi connectivity index (χ4n) is 5.03. The van der Waals surface area contributed by atoms with Gasteiger partial charge in [-0.1, -0.05) is 97.1 Å². The van der Waals surface area contributed by atoms with Gasteiger partial charge in [-0.05, 0) is 47.0 Å². The lowest BCUT2D eigenvalue weighted by Gasteiger charge is -2.23. The van der Waals surface area contributed by atoms with Gasteiger partial charge in [-0.2, -0.15) is 0 Å². The van der Waals surface area contributed by atoms with Gasteiger partial charge in [-0.3, -0.25) is 4.98 Å². The van der Waals surface area contributed by atoms with Crippen LogP contribution in [0.4, 0.5) is 0 Å². The number of hydrogen-bond donors (Lipinski definition) is 3. The molecule has 5 aromatic rings. The van der Waals surface area contributed by atoms with Crippen LogP contribution in [0.1, 0.15) is 34.0 Å². The predicted molar refractivity (Wildman–Crippen MR) is 148 cm³/mol. The van der Waals surface area contributed by atoms with Crippen molar-refractivity contribution in [2.24, 2.45) is 0 Å². The van der Waals surface area contributed by atoms with Gasteiger partial charge in [-0.25, -0.2) is 0 Å². The molecular formula is C32H31N3O. The minimum atomic E-state index is -0.0163. The summed E-state index contributed by atoms with van der Waals surface area (Å²) in [6.07, 6.45) is 1.57. The van der Waals surface area contributed by atoms with Crippen molar-refractivity contribution in [2.45, 2.75) is 26.1 Å². The van der Waals surface area contributed by atoms with Crippen molar-refractivity contribution in [3.05, 3.63) is 131 Å². The maximum absolute atomic E-state index is 11.1. The van der Waals surface area contributed by atoms with E-state index in [0.29, 0.717) is 6.54 Å². The topological polar surface area (TPSA) is 57.2 Å². The van der Waals surface area contributed by atoms with E-state index in [1.807, 2.05) is 26.1 Å². The van der Waals surface area contributed by atoms with E-state index in [-0.39, 0.29) is 11.8 Å². The van der Waals surface area contributed by atoms with Crippen LogP contribution in [0.3, 0.4) is 0 Å². The van der Waals surface area contributed by atoms with E-state index in [1.54, 1.807) is 6.20 Å². The molecule has 0 aliphatic heterocycles. The molecule has 0 saturated heterocycles. The van der Waals surface area contributed by atoms with Gasteiger partial charge < -0.3 is 15.7 Å². The molecule has 1 aromatic heterocycles. The van der Waals surface area contributed by atoms with Crippen molar-refractivity contribution < 1.29 is 5.11 Å². The van der Waals surface area contributed by atoms with Crippen molar-refractivity contribution in [3.63, 3.8) is 0 Å². The third-order valence-electron chi connectivity index (χ3n) is 6.73. The highest BCUT2D eigenvalue weighted by molar-refractivity contribution is 5.99. The molecule has 0 unspecified atom stereocenters. The smallest absolute Gasteiger partial charge is 0.138 e. The molecule has 4 aromatic carbocycles. The summed E-state index contributed by atoms with van der Waals surface area (Å²) in [7, 11) is 1.96. The molecule has 0 aliphatic carbocycles. The monoisotopic (exact) mass is 473 g/mol. The fourth-order valence-corrected chi connectivity index (χ4v) is 5.03. The zero-order valence-corrected chi connectivity index (χ0v) is 20.7. The Kier molecular flexibility index (Phi) is 7.08. The Labute approximate surface area is 212 Å². The molecule has 0 aliphatic rings. The number of nitrogens with one attached hydrogen (secondary N) is 2. The van der Waals surface area contributed by atoms with Crippen molar-refractivity contribution >= 4 is 10.8 Å². The van der Waals surface area contributed by atoms with E-state index < -0.39 is 0 Å². The van der Waals surface area contributed by atoms with Gasteiger partial charge in [0.25, 0.3) is 0 Å². The summed E-state index contributed by atoms with van der Waals surface area (Å²) in [5.74, 6) is 0.200. The van der Waals surface area contributed by atoms with E-state index >= 15 is 0 Å². The van der Waals surface area contributed by atoms with Crippen LogP contribution >= 0.6 is 0 Å². The average Bonchev–Trinajstić information content (AvgIpc) is 2.92. The molecule has 0 saturated carbocycles. The predicted octanol–water partition coefficient (Wildman–Crippen LogP) is 6.51. The molecular weight excluding hydrogens is 442 g/mol. The van der Waals surface area contributed by atoms with E-state index in [4.69, 9.17) is 0 Å². The zero-order chi connectivity index (χ0) is 24.9. The molecule has 36 heavy (non-hydrogen) atoms. The average molecular weight is 474 g/mol. The number of aryl methyl sites for hydroxylation is 1.